The van der Waals surface area contributed by atoms with Crippen LogP contribution in [-0.4, -0.2) is 5.16 Å². The highest BCUT2D eigenvalue weighted by atomic mass is 16.5. The summed E-state index contributed by atoms with van der Waals surface area (Å²) in [7, 11) is 0. The Labute approximate surface area is 104 Å². The highest BCUT2D eigenvalue weighted by Gasteiger charge is 2.10. The molecule has 0 bridgehead atoms. The van der Waals surface area contributed by atoms with Gasteiger partial charge >= 0.3 is 0 Å². The van der Waals surface area contributed by atoms with E-state index >= 15 is 0 Å². The fourth-order valence-corrected chi connectivity index (χ4v) is 1.84. The number of nitrogen functional groups attached to an aromatic ring is 1. The Balaban J connectivity index is 1.89. The van der Waals surface area contributed by atoms with Crippen molar-refractivity contribution in [2.45, 2.75) is 6.61 Å². The summed E-state index contributed by atoms with van der Waals surface area (Å²) in [5.41, 5.74) is 7.50. The second-order valence-electron chi connectivity index (χ2n) is 3.97. The van der Waals surface area contributed by atoms with Crippen molar-refractivity contribution in [3.8, 4) is 5.75 Å². The molecule has 0 saturated carbocycles. The van der Waals surface area contributed by atoms with Gasteiger partial charge in [0.15, 0.2) is 11.4 Å². The molecule has 1 aromatic heterocycles. The largest absolute Gasteiger partial charge is 0.488 e. The molecule has 0 amide bonds. The van der Waals surface area contributed by atoms with Crippen molar-refractivity contribution in [1.82, 2.24) is 5.16 Å². The van der Waals surface area contributed by atoms with Crippen molar-refractivity contribution in [1.29, 1.82) is 0 Å². The monoisotopic (exact) mass is 240 g/mol. The van der Waals surface area contributed by atoms with Crippen LogP contribution in [0.4, 0.5) is 5.82 Å². The summed E-state index contributed by atoms with van der Waals surface area (Å²) in [6.45, 7) is 0.491. The van der Waals surface area contributed by atoms with E-state index in [0.29, 0.717) is 23.8 Å². The Morgan fingerprint density at radius 2 is 1.89 bits per heavy atom. The molecule has 0 radical (unpaired) electrons. The van der Waals surface area contributed by atoms with Gasteiger partial charge in [0.25, 0.3) is 0 Å². The van der Waals surface area contributed by atoms with Crippen LogP contribution in [0, 0.1) is 0 Å². The fourth-order valence-electron chi connectivity index (χ4n) is 1.84. The van der Waals surface area contributed by atoms with E-state index < -0.39 is 0 Å². The van der Waals surface area contributed by atoms with Gasteiger partial charge in [-0.05, 0) is 17.7 Å². The zero-order valence-electron chi connectivity index (χ0n) is 9.67. The van der Waals surface area contributed by atoms with E-state index in [1.165, 1.54) is 0 Å². The number of nitrogens with zero attached hydrogens (tertiary/aromatic N) is 1. The number of hydrogen-bond acceptors (Lipinski definition) is 4. The maximum absolute atomic E-state index is 5.76. The number of nitrogens with two attached hydrogens (primary N) is 1. The van der Waals surface area contributed by atoms with Crippen molar-refractivity contribution in [2.24, 2.45) is 0 Å². The van der Waals surface area contributed by atoms with E-state index in [9.17, 15) is 0 Å². The third-order valence-electron chi connectivity index (χ3n) is 2.72. The highest BCUT2D eigenvalue weighted by Crippen LogP contribution is 2.30. The van der Waals surface area contributed by atoms with Crippen LogP contribution >= 0.6 is 0 Å². The summed E-state index contributed by atoms with van der Waals surface area (Å²) < 4.78 is 10.9. The van der Waals surface area contributed by atoms with Crippen LogP contribution in [0.5, 0.6) is 5.75 Å². The van der Waals surface area contributed by atoms with Gasteiger partial charge in [-0.3, -0.25) is 0 Å². The molecule has 0 atom stereocenters. The molecule has 0 aliphatic heterocycles. The van der Waals surface area contributed by atoms with Gasteiger partial charge in [0, 0.05) is 0 Å². The third kappa shape index (κ3) is 1.88. The van der Waals surface area contributed by atoms with E-state index in [1.807, 2.05) is 48.5 Å². The van der Waals surface area contributed by atoms with Gasteiger partial charge in [-0.2, -0.15) is 0 Å². The first-order chi connectivity index (χ1) is 8.84. The molecule has 0 saturated heterocycles. The summed E-state index contributed by atoms with van der Waals surface area (Å²) in [5.74, 6) is 1.05. The summed E-state index contributed by atoms with van der Waals surface area (Å²) >= 11 is 0. The van der Waals surface area contributed by atoms with Crippen molar-refractivity contribution in [3.63, 3.8) is 0 Å². The molecule has 4 heteroatoms. The van der Waals surface area contributed by atoms with Crippen LogP contribution in [-0.2, 0) is 6.61 Å². The Kier molecular flexibility index (Phi) is 2.61. The minimum Gasteiger partial charge on any atom is -0.488 e. The predicted molar refractivity (Wildman–Crippen MR) is 69.2 cm³/mol. The smallest absolute Gasteiger partial charge is 0.178 e. The number of aromatic nitrogens is 1. The van der Waals surface area contributed by atoms with Gasteiger partial charge in [0.05, 0.1) is 0 Å². The first-order valence-corrected chi connectivity index (χ1v) is 5.65. The predicted octanol–water partition coefficient (Wildman–Crippen LogP) is 2.99. The van der Waals surface area contributed by atoms with Gasteiger partial charge in [-0.15, -0.1) is 0 Å². The minimum absolute atomic E-state index is 0.355. The molecule has 1 heterocycles. The number of rotatable bonds is 3. The Morgan fingerprint density at radius 1 is 1.06 bits per heavy atom. The van der Waals surface area contributed by atoms with E-state index in [4.69, 9.17) is 15.0 Å². The SMILES string of the molecule is Nc1noc2cccc(OCc3ccccc3)c12. The topological polar surface area (TPSA) is 61.3 Å². The minimum atomic E-state index is 0.355. The molecular weight excluding hydrogens is 228 g/mol. The van der Waals surface area contributed by atoms with E-state index in [-0.39, 0.29) is 0 Å². The highest BCUT2D eigenvalue weighted by molar-refractivity contribution is 5.92. The molecular formula is C14H12N2O2. The lowest BCUT2D eigenvalue weighted by atomic mass is 10.2. The zero-order chi connectivity index (χ0) is 12.4. The van der Waals surface area contributed by atoms with Crippen molar-refractivity contribution in [2.75, 3.05) is 5.73 Å². The third-order valence-corrected chi connectivity index (χ3v) is 2.72. The number of benzene rings is 2. The summed E-state index contributed by atoms with van der Waals surface area (Å²) in [4.78, 5) is 0. The van der Waals surface area contributed by atoms with Crippen LogP contribution in [0.3, 0.4) is 0 Å². The molecule has 18 heavy (non-hydrogen) atoms. The number of anilines is 1. The number of fused-ring (bicyclic) bond motifs is 1. The summed E-state index contributed by atoms with van der Waals surface area (Å²) in [6.07, 6.45) is 0. The van der Waals surface area contributed by atoms with Crippen LogP contribution < -0.4 is 10.5 Å². The van der Waals surface area contributed by atoms with Crippen LogP contribution in [0.25, 0.3) is 11.0 Å². The summed E-state index contributed by atoms with van der Waals surface area (Å²) in [6, 6.07) is 15.5. The molecule has 3 aromatic rings. The Morgan fingerprint density at radius 3 is 2.72 bits per heavy atom. The molecule has 2 aromatic carbocycles. The fraction of sp³-hybridized carbons (Fsp3) is 0.0714. The van der Waals surface area contributed by atoms with E-state index in [0.717, 1.165) is 10.9 Å². The molecule has 0 aliphatic carbocycles. The Bertz CT molecular complexity index is 662. The van der Waals surface area contributed by atoms with Gasteiger partial charge in [-0.1, -0.05) is 41.6 Å². The van der Waals surface area contributed by atoms with Gasteiger partial charge in [-0.25, -0.2) is 0 Å². The van der Waals surface area contributed by atoms with E-state index in [2.05, 4.69) is 5.16 Å². The second-order valence-corrected chi connectivity index (χ2v) is 3.97. The van der Waals surface area contributed by atoms with Gasteiger partial charge in [0.1, 0.15) is 17.7 Å². The lowest BCUT2D eigenvalue weighted by Crippen LogP contribution is -1.96. The van der Waals surface area contributed by atoms with Crippen LogP contribution in [0.2, 0.25) is 0 Å². The normalized spacial score (nSPS) is 10.7. The molecule has 90 valence electrons. The lowest BCUT2D eigenvalue weighted by molar-refractivity contribution is 0.310. The molecule has 0 spiro atoms. The number of hydrogen-bond donors (Lipinski definition) is 1. The van der Waals surface area contributed by atoms with Crippen molar-refractivity contribution in [3.05, 3.63) is 54.1 Å². The zero-order valence-corrected chi connectivity index (χ0v) is 9.67. The van der Waals surface area contributed by atoms with Gasteiger partial charge < -0.3 is 15.0 Å². The van der Waals surface area contributed by atoms with Crippen molar-refractivity contribution < 1.29 is 9.26 Å². The maximum atomic E-state index is 5.76. The Hall–Kier alpha value is -2.49. The molecule has 2 N–H and O–H groups in total. The first-order valence-electron chi connectivity index (χ1n) is 5.65. The lowest BCUT2D eigenvalue weighted by Gasteiger charge is -2.06. The standard InChI is InChI=1S/C14H12N2O2/c15-14-13-11(7-4-8-12(13)18-16-14)17-9-10-5-2-1-3-6-10/h1-8H,9H2,(H2,15,16). The van der Waals surface area contributed by atoms with E-state index in [1.54, 1.807) is 0 Å². The molecule has 4 nitrogen and oxygen atoms in total. The number of ether oxygens (including phenoxy) is 1. The van der Waals surface area contributed by atoms with Crippen LogP contribution in [0.15, 0.2) is 53.1 Å². The molecule has 3 rings (SSSR count). The second kappa shape index (κ2) is 4.41. The molecule has 0 unspecified atom stereocenters. The van der Waals surface area contributed by atoms with Gasteiger partial charge in [0.2, 0.25) is 0 Å². The average molecular weight is 240 g/mol. The first kappa shape index (κ1) is 10.7. The van der Waals surface area contributed by atoms with Crippen molar-refractivity contribution >= 4 is 16.8 Å². The average Bonchev–Trinajstić information content (AvgIpc) is 2.80. The maximum Gasteiger partial charge on any atom is 0.178 e. The molecule has 0 fully saturated rings. The molecule has 0 aliphatic rings. The quantitative estimate of drug-likeness (QED) is 0.764. The summed E-state index contributed by atoms with van der Waals surface area (Å²) in [5, 5.41) is 4.46. The van der Waals surface area contributed by atoms with Crippen LogP contribution in [0.1, 0.15) is 5.56 Å².